The molecule has 4 rings (SSSR count). The van der Waals surface area contributed by atoms with Crippen molar-refractivity contribution in [3.63, 3.8) is 0 Å². The van der Waals surface area contributed by atoms with Crippen molar-refractivity contribution >= 4 is 32.8 Å². The molecule has 134 valence electrons. The van der Waals surface area contributed by atoms with Gasteiger partial charge in [-0.1, -0.05) is 41.1 Å². The van der Waals surface area contributed by atoms with Crippen LogP contribution < -0.4 is 5.11 Å². The number of carboxylic acids is 1. The van der Waals surface area contributed by atoms with Gasteiger partial charge in [-0.3, -0.25) is 0 Å². The maximum absolute atomic E-state index is 11.7. The van der Waals surface area contributed by atoms with Crippen molar-refractivity contribution in [2.45, 2.75) is 13.3 Å². The molecule has 0 bridgehead atoms. The number of benzene rings is 2. The molecule has 4 aromatic rings. The molecule has 2 aromatic heterocycles. The third-order valence-corrected chi connectivity index (χ3v) is 4.96. The van der Waals surface area contributed by atoms with Gasteiger partial charge in [0, 0.05) is 21.0 Å². The van der Waals surface area contributed by atoms with Gasteiger partial charge in [0.05, 0.1) is 11.5 Å². The molecule has 5 heteroatoms. The number of rotatable bonds is 4. The average molecular weight is 421 g/mol. The number of carboxylic acid groups (broad SMARTS) is 1. The van der Waals surface area contributed by atoms with Crippen molar-refractivity contribution in [1.82, 2.24) is 4.98 Å². The fraction of sp³-hybridized carbons (Fsp3) is 0.0909. The van der Waals surface area contributed by atoms with Crippen LogP contribution in [0.15, 0.2) is 69.6 Å². The van der Waals surface area contributed by atoms with Gasteiger partial charge in [0.1, 0.15) is 11.5 Å². The van der Waals surface area contributed by atoms with Crippen molar-refractivity contribution in [1.29, 1.82) is 0 Å². The predicted molar refractivity (Wildman–Crippen MR) is 106 cm³/mol. The lowest BCUT2D eigenvalue weighted by Gasteiger charge is -2.10. The molecule has 0 amide bonds. The standard InChI is InChI=1S/C22H16BrNO3/c1-2-13-6-7-18-16(10-13)17(22(25)26)12-19(24-18)21-9-8-20(27-21)14-4-3-5-15(23)11-14/h3-12H,2H2,1H3,(H,25,26)/p-1. The number of hydrogen-bond donors (Lipinski definition) is 0. The quantitative estimate of drug-likeness (QED) is 0.473. The monoisotopic (exact) mass is 420 g/mol. The molecule has 0 saturated carbocycles. The van der Waals surface area contributed by atoms with Crippen LogP contribution in [0.4, 0.5) is 0 Å². The number of hydrogen-bond acceptors (Lipinski definition) is 4. The van der Waals surface area contributed by atoms with Crippen LogP contribution in [0.5, 0.6) is 0 Å². The number of furan rings is 1. The van der Waals surface area contributed by atoms with Crippen molar-refractivity contribution in [2.75, 3.05) is 0 Å². The third kappa shape index (κ3) is 3.38. The number of aryl methyl sites for hydroxylation is 1. The van der Waals surface area contributed by atoms with Crippen LogP contribution in [-0.2, 0) is 6.42 Å². The molecule has 2 aromatic carbocycles. The van der Waals surface area contributed by atoms with Crippen LogP contribution >= 0.6 is 15.9 Å². The number of nitrogens with zero attached hydrogens (tertiary/aromatic N) is 1. The normalized spacial score (nSPS) is 11.0. The van der Waals surface area contributed by atoms with Gasteiger partial charge < -0.3 is 14.3 Å². The van der Waals surface area contributed by atoms with Gasteiger partial charge in [-0.25, -0.2) is 4.98 Å². The van der Waals surface area contributed by atoms with Gasteiger partial charge in [0.25, 0.3) is 0 Å². The molecule has 0 spiro atoms. The summed E-state index contributed by atoms with van der Waals surface area (Å²) in [5, 5.41) is 12.3. The molecule has 0 radical (unpaired) electrons. The lowest BCUT2D eigenvalue weighted by Crippen LogP contribution is -2.22. The molecule has 4 nitrogen and oxygen atoms in total. The van der Waals surface area contributed by atoms with Crippen molar-refractivity contribution < 1.29 is 14.3 Å². The Morgan fingerprint density at radius 1 is 1.07 bits per heavy atom. The molecule has 0 aliphatic carbocycles. The second kappa shape index (κ2) is 7.00. The molecule has 0 N–H and O–H groups in total. The van der Waals surface area contributed by atoms with E-state index in [4.69, 9.17) is 4.42 Å². The fourth-order valence-corrected chi connectivity index (χ4v) is 3.46. The van der Waals surface area contributed by atoms with E-state index >= 15 is 0 Å². The van der Waals surface area contributed by atoms with Gasteiger partial charge >= 0.3 is 0 Å². The lowest BCUT2D eigenvalue weighted by atomic mass is 10.0. The maximum atomic E-state index is 11.7. The molecule has 0 atom stereocenters. The summed E-state index contributed by atoms with van der Waals surface area (Å²) in [5.41, 5.74) is 3.15. The minimum absolute atomic E-state index is 0.116. The molecule has 0 saturated heterocycles. The number of pyridine rings is 1. The van der Waals surface area contributed by atoms with Crippen LogP contribution in [0.1, 0.15) is 22.8 Å². The second-order valence-corrected chi connectivity index (χ2v) is 7.14. The molecule has 0 unspecified atom stereocenters. The predicted octanol–water partition coefficient (Wildman–Crippen LogP) is 4.85. The summed E-state index contributed by atoms with van der Waals surface area (Å²) in [6, 6.07) is 18.6. The van der Waals surface area contributed by atoms with Crippen LogP contribution in [0.3, 0.4) is 0 Å². The van der Waals surface area contributed by atoms with E-state index in [1.54, 1.807) is 6.07 Å². The summed E-state index contributed by atoms with van der Waals surface area (Å²) in [7, 11) is 0. The highest BCUT2D eigenvalue weighted by atomic mass is 79.9. The maximum Gasteiger partial charge on any atom is 0.153 e. The summed E-state index contributed by atoms with van der Waals surface area (Å²) in [6.07, 6.45) is 0.818. The Morgan fingerprint density at radius 2 is 1.89 bits per heavy atom. The van der Waals surface area contributed by atoms with Gasteiger partial charge in [0.2, 0.25) is 0 Å². The van der Waals surface area contributed by atoms with E-state index in [0.29, 0.717) is 28.1 Å². The van der Waals surface area contributed by atoms with Gasteiger partial charge in [-0.05, 0) is 54.4 Å². The Balaban J connectivity index is 1.84. The first-order chi connectivity index (χ1) is 13.0. The number of fused-ring (bicyclic) bond motifs is 1. The largest absolute Gasteiger partial charge is 0.545 e. The summed E-state index contributed by atoms with van der Waals surface area (Å²) in [4.78, 5) is 16.3. The molecular weight excluding hydrogens is 406 g/mol. The molecule has 0 aliphatic rings. The smallest absolute Gasteiger partial charge is 0.153 e. The fourth-order valence-electron chi connectivity index (χ4n) is 3.06. The molecule has 0 aliphatic heterocycles. The number of halogens is 1. The van der Waals surface area contributed by atoms with E-state index in [9.17, 15) is 9.90 Å². The van der Waals surface area contributed by atoms with Crippen molar-refractivity contribution in [3.8, 4) is 22.8 Å². The Bertz CT molecular complexity index is 1160. The SMILES string of the molecule is CCc1ccc2nc(-c3ccc(-c4cccc(Br)c4)o3)cc(C(=O)[O-])c2c1. The molecule has 2 heterocycles. The van der Waals surface area contributed by atoms with Gasteiger partial charge in [-0.15, -0.1) is 0 Å². The average Bonchev–Trinajstić information content (AvgIpc) is 3.17. The minimum Gasteiger partial charge on any atom is -0.545 e. The number of carbonyl (C=O) groups excluding carboxylic acids is 1. The zero-order valence-corrected chi connectivity index (χ0v) is 16.1. The first-order valence-electron chi connectivity index (χ1n) is 8.56. The number of aromatic carboxylic acids is 1. The minimum atomic E-state index is -1.23. The Hall–Kier alpha value is -2.92. The lowest BCUT2D eigenvalue weighted by molar-refractivity contribution is -0.254. The molecule has 0 fully saturated rings. The highest BCUT2D eigenvalue weighted by molar-refractivity contribution is 9.10. The molecular formula is C22H15BrNO3-. The number of aromatic nitrogens is 1. The third-order valence-electron chi connectivity index (χ3n) is 4.47. The Morgan fingerprint density at radius 3 is 2.63 bits per heavy atom. The zero-order chi connectivity index (χ0) is 19.0. The summed E-state index contributed by atoms with van der Waals surface area (Å²) < 4.78 is 6.89. The first kappa shape index (κ1) is 17.5. The highest BCUT2D eigenvalue weighted by Crippen LogP contribution is 2.31. The summed E-state index contributed by atoms with van der Waals surface area (Å²) in [6.45, 7) is 2.02. The van der Waals surface area contributed by atoms with Crippen LogP contribution in [-0.4, -0.2) is 11.0 Å². The van der Waals surface area contributed by atoms with Crippen molar-refractivity contribution in [2.24, 2.45) is 0 Å². The highest BCUT2D eigenvalue weighted by Gasteiger charge is 2.13. The van der Waals surface area contributed by atoms with E-state index in [2.05, 4.69) is 20.9 Å². The van der Waals surface area contributed by atoms with E-state index in [1.807, 2.05) is 55.5 Å². The topological polar surface area (TPSA) is 66.2 Å². The Kier molecular flexibility index (Phi) is 4.54. The zero-order valence-electron chi connectivity index (χ0n) is 14.5. The summed E-state index contributed by atoms with van der Waals surface area (Å²) >= 11 is 3.45. The van der Waals surface area contributed by atoms with E-state index in [-0.39, 0.29) is 5.56 Å². The van der Waals surface area contributed by atoms with Crippen LogP contribution in [0.2, 0.25) is 0 Å². The first-order valence-corrected chi connectivity index (χ1v) is 9.35. The van der Waals surface area contributed by atoms with E-state index in [0.717, 1.165) is 22.0 Å². The van der Waals surface area contributed by atoms with Gasteiger partial charge in [0.15, 0.2) is 5.76 Å². The summed E-state index contributed by atoms with van der Waals surface area (Å²) in [5.74, 6) is -0.0332. The second-order valence-electron chi connectivity index (χ2n) is 6.22. The molecule has 27 heavy (non-hydrogen) atoms. The van der Waals surface area contributed by atoms with Gasteiger partial charge in [-0.2, -0.15) is 0 Å². The Labute approximate surface area is 164 Å². The van der Waals surface area contributed by atoms with E-state index < -0.39 is 5.97 Å². The number of carbonyl (C=O) groups is 1. The van der Waals surface area contributed by atoms with E-state index in [1.165, 1.54) is 6.07 Å². The van der Waals surface area contributed by atoms with Crippen molar-refractivity contribution in [3.05, 3.63) is 76.3 Å². The van der Waals surface area contributed by atoms with Crippen LogP contribution in [0.25, 0.3) is 33.7 Å². The van der Waals surface area contributed by atoms with Crippen LogP contribution in [0, 0.1) is 0 Å².